The van der Waals surface area contributed by atoms with Crippen molar-refractivity contribution in [1.29, 1.82) is 0 Å². The largest absolute Gasteiger partial charge is 0.381 e. The van der Waals surface area contributed by atoms with Crippen molar-refractivity contribution < 1.29 is 19.0 Å². The van der Waals surface area contributed by atoms with Gasteiger partial charge in [-0.2, -0.15) is 0 Å². The summed E-state index contributed by atoms with van der Waals surface area (Å²) in [6.07, 6.45) is 7.25. The highest BCUT2D eigenvalue weighted by Crippen LogP contribution is 2.23. The van der Waals surface area contributed by atoms with Gasteiger partial charge in [-0.05, 0) is 44.4 Å². The Bertz CT molecular complexity index is 391. The minimum absolute atomic E-state index is 0.0820. The highest BCUT2D eigenvalue weighted by atomic mass is 16.5. The standard InChI is InChI=1S/C22H44N2O4/c1-18(2)10-14-26-13-6-9-22(25)24-12-16-28-21-8-5-7-20(17-21)27-15-11-23-19(3)4/h18-21,23H,5-17H2,1-4H3,(H,24,25). The molecule has 0 spiro atoms. The minimum atomic E-state index is 0.0820. The van der Waals surface area contributed by atoms with Crippen molar-refractivity contribution in [2.45, 2.75) is 90.9 Å². The molecular formula is C22H44N2O4. The van der Waals surface area contributed by atoms with Gasteiger partial charge in [0.05, 0.1) is 25.4 Å². The van der Waals surface area contributed by atoms with Gasteiger partial charge in [0.25, 0.3) is 0 Å². The van der Waals surface area contributed by atoms with Gasteiger partial charge in [0.1, 0.15) is 0 Å². The van der Waals surface area contributed by atoms with Gasteiger partial charge in [-0.25, -0.2) is 0 Å². The Balaban J connectivity index is 1.97. The number of rotatable bonds is 16. The molecule has 0 heterocycles. The number of ether oxygens (including phenoxy) is 3. The zero-order chi connectivity index (χ0) is 20.6. The van der Waals surface area contributed by atoms with E-state index in [1.54, 1.807) is 0 Å². The second-order valence-electron chi connectivity index (χ2n) is 8.51. The third-order valence-electron chi connectivity index (χ3n) is 4.90. The molecule has 2 atom stereocenters. The maximum absolute atomic E-state index is 11.8. The van der Waals surface area contributed by atoms with Crippen molar-refractivity contribution in [1.82, 2.24) is 10.6 Å². The zero-order valence-corrected chi connectivity index (χ0v) is 18.6. The van der Waals surface area contributed by atoms with E-state index in [1.807, 2.05) is 0 Å². The predicted octanol–water partition coefficient (Wildman–Crippen LogP) is 3.29. The molecule has 0 aromatic heterocycles. The van der Waals surface area contributed by atoms with Crippen LogP contribution < -0.4 is 10.6 Å². The van der Waals surface area contributed by atoms with Crippen molar-refractivity contribution in [3.8, 4) is 0 Å². The first-order valence-electron chi connectivity index (χ1n) is 11.3. The predicted molar refractivity (Wildman–Crippen MR) is 114 cm³/mol. The molecule has 1 aliphatic carbocycles. The van der Waals surface area contributed by atoms with Crippen molar-refractivity contribution in [3.05, 3.63) is 0 Å². The monoisotopic (exact) mass is 400 g/mol. The van der Waals surface area contributed by atoms with Crippen LogP contribution in [-0.2, 0) is 19.0 Å². The summed E-state index contributed by atoms with van der Waals surface area (Å²) in [7, 11) is 0. The normalized spacial score (nSPS) is 20.1. The molecule has 1 saturated carbocycles. The average Bonchev–Trinajstić information content (AvgIpc) is 2.65. The maximum atomic E-state index is 11.8. The van der Waals surface area contributed by atoms with Crippen LogP contribution in [0.2, 0.25) is 0 Å². The molecule has 0 radical (unpaired) electrons. The molecule has 0 saturated heterocycles. The Morgan fingerprint density at radius 2 is 1.64 bits per heavy atom. The van der Waals surface area contributed by atoms with E-state index in [2.05, 4.69) is 38.3 Å². The van der Waals surface area contributed by atoms with Gasteiger partial charge >= 0.3 is 0 Å². The number of carbonyl (C=O) groups excluding carboxylic acids is 1. The van der Waals surface area contributed by atoms with Gasteiger partial charge in [-0.15, -0.1) is 0 Å². The Kier molecular flexibility index (Phi) is 14.6. The quantitative estimate of drug-likeness (QED) is 0.389. The van der Waals surface area contributed by atoms with Gasteiger partial charge in [0.2, 0.25) is 5.91 Å². The number of carbonyl (C=O) groups is 1. The lowest BCUT2D eigenvalue weighted by Gasteiger charge is -2.29. The summed E-state index contributed by atoms with van der Waals surface area (Å²) >= 11 is 0. The molecule has 2 N–H and O–H groups in total. The summed E-state index contributed by atoms with van der Waals surface area (Å²) in [4.78, 5) is 11.8. The van der Waals surface area contributed by atoms with Crippen LogP contribution in [0.3, 0.4) is 0 Å². The molecule has 1 amide bonds. The van der Waals surface area contributed by atoms with Crippen molar-refractivity contribution in [2.75, 3.05) is 39.5 Å². The molecule has 0 aromatic rings. The lowest BCUT2D eigenvalue weighted by molar-refractivity contribution is -0.122. The number of nitrogens with one attached hydrogen (secondary N) is 2. The topological polar surface area (TPSA) is 68.8 Å². The van der Waals surface area contributed by atoms with Crippen LogP contribution in [0.25, 0.3) is 0 Å². The Morgan fingerprint density at radius 1 is 0.964 bits per heavy atom. The first kappa shape index (κ1) is 25.3. The third kappa shape index (κ3) is 14.3. The zero-order valence-electron chi connectivity index (χ0n) is 18.6. The van der Waals surface area contributed by atoms with Gasteiger partial charge in [-0.3, -0.25) is 4.79 Å². The molecule has 1 rings (SSSR count). The fraction of sp³-hybridized carbons (Fsp3) is 0.955. The van der Waals surface area contributed by atoms with Gasteiger partial charge in [0, 0.05) is 38.8 Å². The minimum Gasteiger partial charge on any atom is -0.381 e. The summed E-state index contributed by atoms with van der Waals surface area (Å²) in [5.41, 5.74) is 0. The van der Waals surface area contributed by atoms with Crippen LogP contribution in [0.5, 0.6) is 0 Å². The molecule has 0 aromatic carbocycles. The second-order valence-corrected chi connectivity index (χ2v) is 8.51. The smallest absolute Gasteiger partial charge is 0.220 e. The first-order valence-corrected chi connectivity index (χ1v) is 11.3. The first-order chi connectivity index (χ1) is 13.5. The van der Waals surface area contributed by atoms with Crippen molar-refractivity contribution in [2.24, 2.45) is 5.92 Å². The molecule has 1 aliphatic rings. The van der Waals surface area contributed by atoms with Crippen LogP contribution in [0, 0.1) is 5.92 Å². The Hall–Kier alpha value is -0.690. The second kappa shape index (κ2) is 16.1. The van der Waals surface area contributed by atoms with Crippen LogP contribution >= 0.6 is 0 Å². The summed E-state index contributed by atoms with van der Waals surface area (Å²) in [6, 6.07) is 0.499. The van der Waals surface area contributed by atoms with Crippen LogP contribution in [-0.4, -0.2) is 63.7 Å². The number of hydrogen-bond acceptors (Lipinski definition) is 5. The molecule has 0 bridgehead atoms. The van der Waals surface area contributed by atoms with Crippen LogP contribution in [0.15, 0.2) is 0 Å². The van der Waals surface area contributed by atoms with Gasteiger partial charge in [0.15, 0.2) is 0 Å². The van der Waals surface area contributed by atoms with Gasteiger partial charge in [-0.1, -0.05) is 27.7 Å². The summed E-state index contributed by atoms with van der Waals surface area (Å²) in [6.45, 7) is 12.9. The highest BCUT2D eigenvalue weighted by molar-refractivity contribution is 5.75. The van der Waals surface area contributed by atoms with Crippen LogP contribution in [0.1, 0.15) is 72.6 Å². The molecule has 28 heavy (non-hydrogen) atoms. The van der Waals surface area contributed by atoms with E-state index in [-0.39, 0.29) is 12.0 Å². The fourth-order valence-electron chi connectivity index (χ4n) is 3.24. The maximum Gasteiger partial charge on any atom is 0.220 e. The van der Waals surface area contributed by atoms with Crippen molar-refractivity contribution >= 4 is 5.91 Å². The highest BCUT2D eigenvalue weighted by Gasteiger charge is 2.22. The number of hydrogen-bond donors (Lipinski definition) is 2. The summed E-state index contributed by atoms with van der Waals surface area (Å²) < 4.78 is 17.5. The molecule has 166 valence electrons. The van der Waals surface area contributed by atoms with E-state index in [0.717, 1.165) is 58.3 Å². The van der Waals surface area contributed by atoms with E-state index < -0.39 is 0 Å². The lowest BCUT2D eigenvalue weighted by Crippen LogP contribution is -2.34. The van der Waals surface area contributed by atoms with Gasteiger partial charge < -0.3 is 24.8 Å². The van der Waals surface area contributed by atoms with E-state index in [9.17, 15) is 4.79 Å². The van der Waals surface area contributed by atoms with E-state index in [1.165, 1.54) is 0 Å². The number of amides is 1. The van der Waals surface area contributed by atoms with E-state index in [4.69, 9.17) is 14.2 Å². The lowest BCUT2D eigenvalue weighted by atomic mass is 9.95. The molecule has 0 aliphatic heterocycles. The molecule has 6 nitrogen and oxygen atoms in total. The summed E-state index contributed by atoms with van der Waals surface area (Å²) in [5.74, 6) is 0.745. The SMILES string of the molecule is CC(C)CCOCCCC(=O)NCCOC1CCCC(OCCNC(C)C)C1. The van der Waals surface area contributed by atoms with E-state index in [0.29, 0.717) is 44.2 Å². The van der Waals surface area contributed by atoms with Crippen molar-refractivity contribution in [3.63, 3.8) is 0 Å². The Morgan fingerprint density at radius 3 is 2.29 bits per heavy atom. The Labute approximate surface area is 172 Å². The van der Waals surface area contributed by atoms with Crippen LogP contribution in [0.4, 0.5) is 0 Å². The molecule has 2 unspecified atom stereocenters. The van der Waals surface area contributed by atoms with E-state index >= 15 is 0 Å². The fourth-order valence-corrected chi connectivity index (χ4v) is 3.24. The average molecular weight is 401 g/mol. The summed E-state index contributed by atoms with van der Waals surface area (Å²) in [5, 5.41) is 6.31. The molecular weight excluding hydrogens is 356 g/mol. The molecule has 1 fully saturated rings. The molecule has 6 heteroatoms. The third-order valence-corrected chi connectivity index (χ3v) is 4.90.